The molecule has 5 heterocycles. The summed E-state index contributed by atoms with van der Waals surface area (Å²) in [5, 5.41) is 1.19. The molecule has 0 radical (unpaired) electrons. The van der Waals surface area contributed by atoms with Crippen LogP contribution < -0.4 is 0 Å². The van der Waals surface area contributed by atoms with Crippen molar-refractivity contribution in [3.63, 3.8) is 0 Å². The normalized spacial score (nSPS) is 15.2. The molecule has 1 aliphatic heterocycles. The maximum atomic E-state index is 12.3. The van der Waals surface area contributed by atoms with Crippen molar-refractivity contribution < 1.29 is 9.21 Å². The van der Waals surface area contributed by atoms with Gasteiger partial charge in [0.05, 0.1) is 23.2 Å². The second-order valence-electron chi connectivity index (χ2n) is 20.3. The number of carbonyl (C=O) groups excluding carboxylic acids is 1. The number of hydrogen-bond acceptors (Lipinski definition) is 5. The highest BCUT2D eigenvalue weighted by atomic mass is 16.3. The molecule has 6 heteroatoms. The Bertz CT molecular complexity index is 1790. The number of aromatic nitrogens is 3. The van der Waals surface area contributed by atoms with Crippen LogP contribution in [0.25, 0.3) is 11.0 Å². The fraction of sp³-hybridized carbons (Fsp3) is 0.609. The lowest BCUT2D eigenvalue weighted by atomic mass is 9.80. The molecule has 6 nitrogen and oxygen atoms in total. The van der Waals surface area contributed by atoms with Gasteiger partial charge >= 0.3 is 0 Å². The quantitative estimate of drug-likeness (QED) is 0.197. The molecule has 0 N–H and O–H groups in total. The molecule has 1 amide bonds. The Kier molecular flexibility index (Phi) is 11.7. The molecule has 0 atom stereocenters. The lowest BCUT2D eigenvalue weighted by Crippen LogP contribution is -2.42. The van der Waals surface area contributed by atoms with Gasteiger partial charge in [0.25, 0.3) is 5.91 Å². The van der Waals surface area contributed by atoms with Gasteiger partial charge in [-0.1, -0.05) is 104 Å². The Morgan fingerprint density at radius 2 is 1.21 bits per heavy atom. The van der Waals surface area contributed by atoms with Gasteiger partial charge in [-0.05, 0) is 84.4 Å². The molecule has 0 aromatic carbocycles. The van der Waals surface area contributed by atoms with Gasteiger partial charge < -0.3 is 9.32 Å². The molecule has 0 saturated carbocycles. The number of hydrogen-bond donors (Lipinski definition) is 0. The molecule has 0 unspecified atom stereocenters. The number of carbonyl (C=O) groups is 1. The number of nitrogens with zero attached hydrogens (tertiary/aromatic N) is 4. The predicted octanol–water partition coefficient (Wildman–Crippen LogP) is 11.4. The van der Waals surface area contributed by atoms with E-state index in [4.69, 9.17) is 9.40 Å². The van der Waals surface area contributed by atoms with E-state index < -0.39 is 0 Å². The summed E-state index contributed by atoms with van der Waals surface area (Å²) in [7, 11) is 0. The minimum atomic E-state index is 0.00647. The topological polar surface area (TPSA) is 72.1 Å². The zero-order valence-corrected chi connectivity index (χ0v) is 35.7. The van der Waals surface area contributed by atoms with Gasteiger partial charge in [-0.3, -0.25) is 19.7 Å². The summed E-state index contributed by atoms with van der Waals surface area (Å²) < 4.78 is 5.65. The summed E-state index contributed by atoms with van der Waals surface area (Å²) in [6, 6.07) is 6.24. The molecule has 0 spiro atoms. The van der Waals surface area contributed by atoms with Crippen LogP contribution >= 0.6 is 0 Å². The highest BCUT2D eigenvalue weighted by Gasteiger charge is 2.31. The average molecular weight is 709 g/mol. The van der Waals surface area contributed by atoms with E-state index in [0.29, 0.717) is 0 Å². The van der Waals surface area contributed by atoms with Crippen molar-refractivity contribution in [2.24, 2.45) is 0 Å². The van der Waals surface area contributed by atoms with Crippen molar-refractivity contribution in [2.75, 3.05) is 6.54 Å². The molecule has 4 aromatic heterocycles. The Morgan fingerprint density at radius 3 is 1.75 bits per heavy atom. The van der Waals surface area contributed by atoms with Crippen LogP contribution in [0.15, 0.2) is 41.3 Å². The van der Waals surface area contributed by atoms with Crippen LogP contribution in [0.2, 0.25) is 0 Å². The molecule has 0 fully saturated rings. The maximum Gasteiger partial charge on any atom is 0.255 e. The van der Waals surface area contributed by atoms with Gasteiger partial charge in [-0.2, -0.15) is 0 Å². The zero-order chi connectivity index (χ0) is 39.2. The van der Waals surface area contributed by atoms with Crippen LogP contribution in [-0.4, -0.2) is 38.3 Å². The summed E-state index contributed by atoms with van der Waals surface area (Å²) >= 11 is 0. The van der Waals surface area contributed by atoms with Crippen molar-refractivity contribution in [1.82, 2.24) is 19.9 Å². The van der Waals surface area contributed by atoms with Gasteiger partial charge in [-0.15, -0.1) is 0 Å². The van der Waals surface area contributed by atoms with Gasteiger partial charge in [0.1, 0.15) is 0 Å². The number of furan rings is 1. The van der Waals surface area contributed by atoms with E-state index in [9.17, 15) is 4.79 Å². The van der Waals surface area contributed by atoms with Gasteiger partial charge in [0.2, 0.25) is 0 Å². The summed E-state index contributed by atoms with van der Waals surface area (Å²) in [5.41, 5.74) is 12.5. The van der Waals surface area contributed by atoms with E-state index in [2.05, 4.69) is 134 Å². The third kappa shape index (κ3) is 9.15. The summed E-state index contributed by atoms with van der Waals surface area (Å²) in [4.78, 5) is 28.3. The average Bonchev–Trinajstić information content (AvgIpc) is 3.68. The number of rotatable bonds is 1. The van der Waals surface area contributed by atoms with Crippen LogP contribution in [0.4, 0.5) is 0 Å². The number of pyridine rings is 3. The van der Waals surface area contributed by atoms with Crippen LogP contribution in [0.5, 0.6) is 0 Å². The van der Waals surface area contributed by atoms with E-state index >= 15 is 0 Å². The first kappa shape index (κ1) is 41.2. The molecule has 284 valence electrons. The Labute approximate surface area is 315 Å². The first-order valence-electron chi connectivity index (χ1n) is 19.4. The second kappa shape index (κ2) is 14.7. The van der Waals surface area contributed by atoms with Crippen LogP contribution in [0.3, 0.4) is 0 Å². The molecular weight excluding hydrogens is 641 g/mol. The third-order valence-corrected chi connectivity index (χ3v) is 10.1. The molecule has 4 aromatic rings. The third-order valence-electron chi connectivity index (χ3n) is 10.1. The van der Waals surface area contributed by atoms with E-state index in [-0.39, 0.29) is 39.0 Å². The maximum absolute atomic E-state index is 12.3. The molecule has 2 aliphatic rings. The molecule has 6 rings (SSSR count). The molecule has 0 saturated heterocycles. The molecule has 1 aliphatic carbocycles. The smallest absolute Gasteiger partial charge is 0.255 e. The van der Waals surface area contributed by atoms with Crippen molar-refractivity contribution in [3.8, 4) is 0 Å². The van der Waals surface area contributed by atoms with Crippen LogP contribution in [0.1, 0.15) is 180 Å². The lowest BCUT2D eigenvalue weighted by molar-refractivity contribution is 0.0686. The van der Waals surface area contributed by atoms with Crippen molar-refractivity contribution in [2.45, 2.75) is 177 Å². The largest absolute Gasteiger partial charge is 0.462 e. The Balaban J connectivity index is 0.000000175. The first-order chi connectivity index (χ1) is 23.7. The monoisotopic (exact) mass is 709 g/mol. The zero-order valence-electron chi connectivity index (χ0n) is 35.7. The van der Waals surface area contributed by atoms with E-state index in [1.54, 1.807) is 17.4 Å². The summed E-state index contributed by atoms with van der Waals surface area (Å²) in [6.07, 6.45) is 10.5. The Morgan fingerprint density at radius 1 is 0.654 bits per heavy atom. The van der Waals surface area contributed by atoms with Gasteiger partial charge in [0, 0.05) is 64.4 Å². The molecule has 52 heavy (non-hydrogen) atoms. The van der Waals surface area contributed by atoms with E-state index in [1.165, 1.54) is 41.5 Å². The van der Waals surface area contributed by atoms with Crippen LogP contribution in [-0.2, 0) is 46.3 Å². The first-order valence-corrected chi connectivity index (χ1v) is 19.4. The fourth-order valence-electron chi connectivity index (χ4n) is 7.25. The van der Waals surface area contributed by atoms with E-state index in [1.807, 2.05) is 29.3 Å². The number of fused-ring (bicyclic) bond motifs is 3. The highest BCUT2D eigenvalue weighted by Crippen LogP contribution is 2.38. The minimum Gasteiger partial charge on any atom is -0.462 e. The van der Waals surface area contributed by atoms with Gasteiger partial charge in [0.15, 0.2) is 5.58 Å². The van der Waals surface area contributed by atoms with Gasteiger partial charge in [-0.25, -0.2) is 0 Å². The predicted molar refractivity (Wildman–Crippen MR) is 218 cm³/mol. The summed E-state index contributed by atoms with van der Waals surface area (Å²) in [5.74, 6) is 0.124. The number of amides is 1. The Hall–Kier alpha value is -3.54. The summed E-state index contributed by atoms with van der Waals surface area (Å²) in [6.45, 7) is 38.1. The minimum absolute atomic E-state index is 0.00647. The van der Waals surface area contributed by atoms with Crippen molar-refractivity contribution in [1.29, 1.82) is 0 Å². The lowest BCUT2D eigenvalue weighted by Gasteiger charge is -2.32. The SMILES string of the molecule is CC(C)(C)c1cnc(C(C)(C)C)c2c1CCC2.CC(C)(C)c1cnc(C(C)(C)C)c2occc12.CC(C)N1CCc2nc(C(C)(C)C)ccc2C1=O. The highest BCUT2D eigenvalue weighted by molar-refractivity contribution is 5.96. The van der Waals surface area contributed by atoms with Crippen molar-refractivity contribution in [3.05, 3.63) is 87.4 Å². The fourth-order valence-corrected chi connectivity index (χ4v) is 7.25. The van der Waals surface area contributed by atoms with Crippen molar-refractivity contribution >= 4 is 16.9 Å². The van der Waals surface area contributed by atoms with Crippen LogP contribution in [0, 0.1) is 0 Å². The second-order valence-corrected chi connectivity index (χ2v) is 20.3. The molecular formula is C46H68N4O2. The van der Waals surface area contributed by atoms with E-state index in [0.717, 1.165) is 41.2 Å². The molecule has 0 bridgehead atoms. The standard InChI is InChI=1S/C16H25N.C15H22N2O.C15H21NO/c1-15(2,3)13-10-17-14(16(4,5)6)12-9-7-8-11(12)13;1-10(2)17-9-8-12-11(14(17)18)6-7-13(16-12)15(3,4)5;1-14(2,3)11-9-16-13(15(4,5)6)12-10(11)7-8-17-12/h10H,7-9H2,1-6H3;6-7,10H,8-9H2,1-5H3;7-9H,1-6H3.